The highest BCUT2D eigenvalue weighted by Crippen LogP contribution is 2.25. The number of carbonyl (C=O) groups excluding carboxylic acids is 1. The van der Waals surface area contributed by atoms with Gasteiger partial charge in [0.25, 0.3) is 5.91 Å². The molecule has 1 aromatic carbocycles. The molecule has 1 aliphatic rings. The van der Waals surface area contributed by atoms with E-state index in [4.69, 9.17) is 11.6 Å². The molecule has 0 radical (unpaired) electrons. The highest BCUT2D eigenvalue weighted by Gasteiger charge is 2.27. The number of hydrogen-bond donors (Lipinski definition) is 0. The minimum absolute atomic E-state index is 0.114. The van der Waals surface area contributed by atoms with Crippen LogP contribution in [0, 0.1) is 0 Å². The Balaban J connectivity index is 1.95. The van der Waals surface area contributed by atoms with E-state index in [1.165, 1.54) is 6.42 Å². The number of nitrogens with zero attached hydrogens (tertiary/aromatic N) is 2. The van der Waals surface area contributed by atoms with Crippen LogP contribution in [-0.2, 0) is 0 Å². The number of halogens is 1. The molecule has 1 saturated heterocycles. The van der Waals surface area contributed by atoms with E-state index < -0.39 is 0 Å². The predicted molar refractivity (Wildman–Crippen MR) is 85.8 cm³/mol. The van der Waals surface area contributed by atoms with E-state index in [1.807, 2.05) is 35.2 Å². The van der Waals surface area contributed by atoms with Crippen LogP contribution in [0.3, 0.4) is 0 Å². The molecule has 3 nitrogen and oxygen atoms in total. The molecule has 21 heavy (non-hydrogen) atoms. The number of piperidine rings is 1. The summed E-state index contributed by atoms with van der Waals surface area (Å²) < 4.78 is 0. The maximum Gasteiger partial charge on any atom is 0.254 e. The summed E-state index contributed by atoms with van der Waals surface area (Å²) in [5.74, 6) is 0.717. The summed E-state index contributed by atoms with van der Waals surface area (Å²) in [6, 6.07) is 9.87. The molecule has 0 bridgehead atoms. The smallest absolute Gasteiger partial charge is 0.254 e. The summed E-state index contributed by atoms with van der Waals surface area (Å²) in [6.07, 6.45) is 5.95. The van der Waals surface area contributed by atoms with Gasteiger partial charge >= 0.3 is 0 Å². The summed E-state index contributed by atoms with van der Waals surface area (Å²) in [4.78, 5) is 19.3. The average Bonchev–Trinajstić information content (AvgIpc) is 2.54. The van der Waals surface area contributed by atoms with Crippen LogP contribution in [-0.4, -0.2) is 34.3 Å². The van der Waals surface area contributed by atoms with Crippen molar-refractivity contribution >= 4 is 28.4 Å². The first-order chi connectivity index (χ1) is 10.3. The van der Waals surface area contributed by atoms with E-state index in [0.717, 1.165) is 42.3 Å². The summed E-state index contributed by atoms with van der Waals surface area (Å²) in [6.45, 7) is 0.830. The molecule has 0 aliphatic carbocycles. The van der Waals surface area contributed by atoms with Crippen molar-refractivity contribution in [2.75, 3.05) is 12.4 Å². The molecule has 1 amide bonds. The highest BCUT2D eigenvalue weighted by atomic mass is 35.5. The molecule has 1 unspecified atom stereocenters. The molecule has 3 rings (SSSR count). The van der Waals surface area contributed by atoms with E-state index in [0.29, 0.717) is 5.88 Å². The normalized spacial score (nSPS) is 18.9. The Morgan fingerprint density at radius 1 is 1.29 bits per heavy atom. The number of pyridine rings is 1. The monoisotopic (exact) mass is 302 g/mol. The largest absolute Gasteiger partial charge is 0.336 e. The fourth-order valence-corrected chi connectivity index (χ4v) is 3.39. The van der Waals surface area contributed by atoms with Crippen molar-refractivity contribution in [1.82, 2.24) is 9.88 Å². The fourth-order valence-electron chi connectivity index (χ4n) is 3.14. The van der Waals surface area contributed by atoms with Crippen molar-refractivity contribution in [2.45, 2.75) is 31.7 Å². The minimum atomic E-state index is 0.114. The number of fused-ring (bicyclic) bond motifs is 1. The number of aromatic nitrogens is 1. The number of hydrogen-bond acceptors (Lipinski definition) is 2. The van der Waals surface area contributed by atoms with Gasteiger partial charge in [0.1, 0.15) is 0 Å². The molecule has 0 N–H and O–H groups in total. The van der Waals surface area contributed by atoms with E-state index >= 15 is 0 Å². The van der Waals surface area contributed by atoms with Crippen LogP contribution in [0.5, 0.6) is 0 Å². The Morgan fingerprint density at radius 3 is 3.05 bits per heavy atom. The van der Waals surface area contributed by atoms with Crippen LogP contribution < -0.4 is 0 Å². The van der Waals surface area contributed by atoms with Gasteiger partial charge in [0, 0.05) is 35.6 Å². The lowest BCUT2D eigenvalue weighted by Crippen LogP contribution is -2.44. The maximum atomic E-state index is 13.0. The van der Waals surface area contributed by atoms with Crippen LogP contribution in [0.15, 0.2) is 36.5 Å². The Morgan fingerprint density at radius 2 is 2.19 bits per heavy atom. The first-order valence-electron chi connectivity index (χ1n) is 7.52. The zero-order valence-electron chi connectivity index (χ0n) is 12.0. The molecule has 1 atom stereocenters. The van der Waals surface area contributed by atoms with E-state index in [1.54, 1.807) is 6.20 Å². The SMILES string of the molecule is O=C(c1cccc2ncccc12)N1CCCCC1CCCl. The van der Waals surface area contributed by atoms with E-state index in [-0.39, 0.29) is 11.9 Å². The Hall–Kier alpha value is -1.61. The third-order valence-corrected chi connectivity index (χ3v) is 4.42. The topological polar surface area (TPSA) is 33.2 Å². The standard InChI is InChI=1S/C17H19ClN2O/c18-10-9-13-5-1-2-12-20(13)17(21)15-6-3-8-16-14(15)7-4-11-19-16/h3-4,6-8,11,13H,1-2,5,9-10,12H2. The molecule has 2 heterocycles. The Kier molecular flexibility index (Phi) is 4.39. The van der Waals surface area contributed by atoms with Crippen LogP contribution in [0.4, 0.5) is 0 Å². The van der Waals surface area contributed by atoms with Gasteiger partial charge in [0.05, 0.1) is 5.52 Å². The van der Waals surface area contributed by atoms with Crippen LogP contribution in [0.2, 0.25) is 0 Å². The van der Waals surface area contributed by atoms with Crippen LogP contribution in [0.1, 0.15) is 36.0 Å². The quantitative estimate of drug-likeness (QED) is 0.807. The lowest BCUT2D eigenvalue weighted by molar-refractivity contribution is 0.0611. The predicted octanol–water partition coefficient (Wildman–Crippen LogP) is 3.86. The highest BCUT2D eigenvalue weighted by molar-refractivity contribution is 6.17. The van der Waals surface area contributed by atoms with E-state index in [9.17, 15) is 4.79 Å². The van der Waals surface area contributed by atoms with Crippen molar-refractivity contribution in [3.05, 3.63) is 42.1 Å². The Labute approximate surface area is 129 Å². The molecule has 0 spiro atoms. The van der Waals surface area contributed by atoms with Gasteiger partial charge in [-0.15, -0.1) is 11.6 Å². The van der Waals surface area contributed by atoms with Crippen molar-refractivity contribution in [2.24, 2.45) is 0 Å². The second-order valence-electron chi connectivity index (χ2n) is 5.50. The molecule has 4 heteroatoms. The first kappa shape index (κ1) is 14.3. The zero-order valence-corrected chi connectivity index (χ0v) is 12.7. The third kappa shape index (κ3) is 2.88. The van der Waals surface area contributed by atoms with Crippen molar-refractivity contribution < 1.29 is 4.79 Å². The van der Waals surface area contributed by atoms with Crippen LogP contribution >= 0.6 is 11.6 Å². The lowest BCUT2D eigenvalue weighted by atomic mass is 9.98. The second-order valence-corrected chi connectivity index (χ2v) is 5.88. The van der Waals surface area contributed by atoms with Gasteiger partial charge in [-0.1, -0.05) is 12.1 Å². The summed E-state index contributed by atoms with van der Waals surface area (Å²) in [7, 11) is 0. The van der Waals surface area contributed by atoms with Gasteiger partial charge in [-0.2, -0.15) is 0 Å². The van der Waals surface area contributed by atoms with Gasteiger partial charge in [-0.05, 0) is 43.9 Å². The van der Waals surface area contributed by atoms with Gasteiger partial charge in [0.15, 0.2) is 0 Å². The fraction of sp³-hybridized carbons (Fsp3) is 0.412. The van der Waals surface area contributed by atoms with Crippen LogP contribution in [0.25, 0.3) is 10.9 Å². The summed E-state index contributed by atoms with van der Waals surface area (Å²) in [5, 5.41) is 0.931. The average molecular weight is 303 g/mol. The molecule has 1 aliphatic heterocycles. The van der Waals surface area contributed by atoms with Crippen molar-refractivity contribution in [3.8, 4) is 0 Å². The zero-order chi connectivity index (χ0) is 14.7. The number of benzene rings is 1. The molecule has 2 aromatic rings. The van der Waals surface area contributed by atoms with Crippen molar-refractivity contribution in [3.63, 3.8) is 0 Å². The molecule has 110 valence electrons. The third-order valence-electron chi connectivity index (χ3n) is 4.21. The maximum absolute atomic E-state index is 13.0. The molecule has 1 aromatic heterocycles. The summed E-state index contributed by atoms with van der Waals surface area (Å²) >= 11 is 5.90. The Bertz CT molecular complexity index is 636. The number of carbonyl (C=O) groups is 1. The van der Waals surface area contributed by atoms with Gasteiger partial charge in [0.2, 0.25) is 0 Å². The lowest BCUT2D eigenvalue weighted by Gasteiger charge is -2.35. The van der Waals surface area contributed by atoms with E-state index in [2.05, 4.69) is 4.98 Å². The number of rotatable bonds is 3. The molecular weight excluding hydrogens is 284 g/mol. The number of likely N-dealkylation sites (tertiary alicyclic amines) is 1. The van der Waals surface area contributed by atoms with Gasteiger partial charge in [-0.25, -0.2) is 0 Å². The molecule has 0 saturated carbocycles. The molecule has 1 fully saturated rings. The van der Waals surface area contributed by atoms with Gasteiger partial charge < -0.3 is 4.90 Å². The second kappa shape index (κ2) is 6.44. The number of amides is 1. The minimum Gasteiger partial charge on any atom is -0.336 e. The number of alkyl halides is 1. The summed E-state index contributed by atoms with van der Waals surface area (Å²) in [5.41, 5.74) is 1.62. The van der Waals surface area contributed by atoms with Crippen molar-refractivity contribution in [1.29, 1.82) is 0 Å². The first-order valence-corrected chi connectivity index (χ1v) is 8.05. The molecular formula is C17H19ClN2O. The van der Waals surface area contributed by atoms with Gasteiger partial charge in [-0.3, -0.25) is 9.78 Å².